The average molecular weight is 296 g/mol. The molecule has 1 aromatic heterocycles. The van der Waals surface area contributed by atoms with Crippen LogP contribution in [0.15, 0.2) is 30.3 Å². The van der Waals surface area contributed by atoms with Crippen LogP contribution >= 0.6 is 0 Å². The maximum atomic E-state index is 11.5. The number of likely N-dealkylation sites (tertiary alicyclic amines) is 1. The zero-order valence-electron chi connectivity index (χ0n) is 12.2. The molecule has 0 aliphatic carbocycles. The molecule has 3 rings (SSSR count). The monoisotopic (exact) mass is 296 g/mol. The average Bonchev–Trinajstić information content (AvgIpc) is 3.01. The molecule has 1 aromatic carbocycles. The van der Waals surface area contributed by atoms with Gasteiger partial charge < -0.3 is 15.0 Å². The van der Waals surface area contributed by atoms with Crippen LogP contribution in [-0.4, -0.2) is 42.2 Å². The van der Waals surface area contributed by atoms with Crippen LogP contribution in [0.25, 0.3) is 10.9 Å². The van der Waals surface area contributed by atoms with Crippen molar-refractivity contribution in [2.24, 2.45) is 0 Å². The second kappa shape index (κ2) is 5.90. The number of ether oxygens (including phenoxy) is 1. The molecule has 2 aromatic rings. The number of benzene rings is 1. The van der Waals surface area contributed by atoms with E-state index in [9.17, 15) is 10.1 Å². The molecule has 1 amide bonds. The van der Waals surface area contributed by atoms with E-state index in [1.165, 1.54) is 7.11 Å². The van der Waals surface area contributed by atoms with Crippen molar-refractivity contribution >= 4 is 22.8 Å². The first-order chi connectivity index (χ1) is 10.7. The third kappa shape index (κ3) is 2.66. The summed E-state index contributed by atoms with van der Waals surface area (Å²) < 4.78 is 4.73. The van der Waals surface area contributed by atoms with Gasteiger partial charge in [0.05, 0.1) is 24.3 Å². The van der Waals surface area contributed by atoms with Crippen LogP contribution in [0.1, 0.15) is 12.0 Å². The third-order valence-electron chi connectivity index (χ3n) is 3.81. The Labute approximate surface area is 128 Å². The van der Waals surface area contributed by atoms with Crippen LogP contribution in [0.3, 0.4) is 0 Å². The number of pyridine rings is 1. The summed E-state index contributed by atoms with van der Waals surface area (Å²) in [5.41, 5.74) is 1.38. The van der Waals surface area contributed by atoms with Gasteiger partial charge in [0.2, 0.25) is 0 Å². The molecule has 2 heterocycles. The number of carbonyl (C=O) groups is 1. The highest BCUT2D eigenvalue weighted by atomic mass is 16.5. The minimum absolute atomic E-state index is 0.110. The number of hydrogen-bond donors (Lipinski definition) is 1. The van der Waals surface area contributed by atoms with E-state index in [1.54, 1.807) is 11.0 Å². The van der Waals surface area contributed by atoms with Gasteiger partial charge in [-0.2, -0.15) is 5.26 Å². The van der Waals surface area contributed by atoms with Gasteiger partial charge in [0.1, 0.15) is 5.82 Å². The standard InChI is InChI=1S/C16H16N4O2/c1-22-16(21)20-7-6-12(10-20)18-15-8-11(9-17)13-4-2-3-5-14(13)19-15/h2-5,8,12H,6-7,10H2,1H3,(H,18,19). The van der Waals surface area contributed by atoms with Gasteiger partial charge in [0.15, 0.2) is 0 Å². The van der Waals surface area contributed by atoms with E-state index >= 15 is 0 Å². The van der Waals surface area contributed by atoms with E-state index in [2.05, 4.69) is 16.4 Å². The molecule has 0 spiro atoms. The highest BCUT2D eigenvalue weighted by Crippen LogP contribution is 2.22. The molecule has 22 heavy (non-hydrogen) atoms. The smallest absolute Gasteiger partial charge is 0.409 e. The first-order valence-corrected chi connectivity index (χ1v) is 7.10. The normalized spacial score (nSPS) is 17.3. The van der Waals surface area contributed by atoms with Crippen molar-refractivity contribution in [1.29, 1.82) is 5.26 Å². The summed E-state index contributed by atoms with van der Waals surface area (Å²) in [4.78, 5) is 17.7. The molecule has 0 saturated carbocycles. The van der Waals surface area contributed by atoms with E-state index in [0.717, 1.165) is 17.3 Å². The number of rotatable bonds is 2. The number of nitrogens with zero attached hydrogens (tertiary/aromatic N) is 3. The molecule has 112 valence electrons. The van der Waals surface area contributed by atoms with Gasteiger partial charge in [-0.05, 0) is 18.6 Å². The van der Waals surface area contributed by atoms with E-state index in [0.29, 0.717) is 24.5 Å². The topological polar surface area (TPSA) is 78.2 Å². The number of methoxy groups -OCH3 is 1. The number of hydrogen-bond acceptors (Lipinski definition) is 5. The van der Waals surface area contributed by atoms with Crippen molar-refractivity contribution in [1.82, 2.24) is 9.88 Å². The molecule has 1 fully saturated rings. The van der Waals surface area contributed by atoms with Crippen LogP contribution < -0.4 is 5.32 Å². The van der Waals surface area contributed by atoms with Gasteiger partial charge in [-0.3, -0.25) is 0 Å². The maximum Gasteiger partial charge on any atom is 0.409 e. The first-order valence-electron chi connectivity index (χ1n) is 7.10. The number of amides is 1. The number of anilines is 1. The summed E-state index contributed by atoms with van der Waals surface area (Å²) >= 11 is 0. The SMILES string of the molecule is COC(=O)N1CCC(Nc2cc(C#N)c3ccccc3n2)C1. The third-order valence-corrected chi connectivity index (χ3v) is 3.81. The summed E-state index contributed by atoms with van der Waals surface area (Å²) in [6, 6.07) is 11.6. The summed E-state index contributed by atoms with van der Waals surface area (Å²) in [6.07, 6.45) is 0.513. The zero-order chi connectivity index (χ0) is 15.5. The molecule has 1 aliphatic rings. The number of aromatic nitrogens is 1. The second-order valence-corrected chi connectivity index (χ2v) is 5.23. The van der Waals surface area contributed by atoms with Crippen molar-refractivity contribution in [3.8, 4) is 6.07 Å². The Hall–Kier alpha value is -2.81. The first kappa shape index (κ1) is 14.1. The predicted molar refractivity (Wildman–Crippen MR) is 82.5 cm³/mol. The molecular formula is C16H16N4O2. The summed E-state index contributed by atoms with van der Waals surface area (Å²) in [6.45, 7) is 1.23. The molecule has 6 heteroatoms. The summed E-state index contributed by atoms with van der Waals surface area (Å²) in [7, 11) is 1.38. The van der Waals surface area contributed by atoms with Crippen LogP contribution in [0.5, 0.6) is 0 Å². The fraction of sp³-hybridized carbons (Fsp3) is 0.312. The summed E-state index contributed by atoms with van der Waals surface area (Å²) in [5, 5.41) is 13.4. The Bertz CT molecular complexity index is 753. The number of para-hydroxylation sites is 1. The van der Waals surface area contributed by atoms with E-state index in [-0.39, 0.29) is 12.1 Å². The van der Waals surface area contributed by atoms with Gasteiger partial charge >= 0.3 is 6.09 Å². The van der Waals surface area contributed by atoms with E-state index in [4.69, 9.17) is 4.74 Å². The maximum absolute atomic E-state index is 11.5. The van der Waals surface area contributed by atoms with Crippen molar-refractivity contribution in [2.45, 2.75) is 12.5 Å². The minimum atomic E-state index is -0.312. The van der Waals surface area contributed by atoms with E-state index in [1.807, 2.05) is 24.3 Å². The van der Waals surface area contributed by atoms with Crippen LogP contribution in [-0.2, 0) is 4.74 Å². The summed E-state index contributed by atoms with van der Waals surface area (Å²) in [5.74, 6) is 0.659. The van der Waals surface area contributed by atoms with Crippen molar-refractivity contribution in [3.05, 3.63) is 35.9 Å². The van der Waals surface area contributed by atoms with Gasteiger partial charge in [-0.15, -0.1) is 0 Å². The quantitative estimate of drug-likeness (QED) is 0.920. The Morgan fingerprint density at radius 2 is 2.32 bits per heavy atom. The Morgan fingerprint density at radius 3 is 3.09 bits per heavy atom. The molecule has 0 bridgehead atoms. The van der Waals surface area contributed by atoms with Crippen LogP contribution in [0, 0.1) is 11.3 Å². The molecule has 0 radical (unpaired) electrons. The molecule has 1 N–H and O–H groups in total. The second-order valence-electron chi connectivity index (χ2n) is 5.23. The lowest BCUT2D eigenvalue weighted by molar-refractivity contribution is 0.133. The van der Waals surface area contributed by atoms with Crippen LogP contribution in [0.2, 0.25) is 0 Å². The van der Waals surface area contributed by atoms with Crippen molar-refractivity contribution < 1.29 is 9.53 Å². The molecule has 1 atom stereocenters. The lowest BCUT2D eigenvalue weighted by atomic mass is 10.1. The number of carbonyl (C=O) groups excluding carboxylic acids is 1. The fourth-order valence-corrected chi connectivity index (χ4v) is 2.72. The highest BCUT2D eigenvalue weighted by Gasteiger charge is 2.27. The van der Waals surface area contributed by atoms with Gasteiger partial charge in [-0.25, -0.2) is 9.78 Å². The molecule has 1 saturated heterocycles. The minimum Gasteiger partial charge on any atom is -0.453 e. The largest absolute Gasteiger partial charge is 0.453 e. The Morgan fingerprint density at radius 1 is 1.50 bits per heavy atom. The molecule has 6 nitrogen and oxygen atoms in total. The lowest BCUT2D eigenvalue weighted by Crippen LogP contribution is -2.31. The van der Waals surface area contributed by atoms with Crippen molar-refractivity contribution in [3.63, 3.8) is 0 Å². The Balaban J connectivity index is 1.80. The van der Waals surface area contributed by atoms with Crippen molar-refractivity contribution in [2.75, 3.05) is 25.5 Å². The number of nitrogens with one attached hydrogen (secondary N) is 1. The highest BCUT2D eigenvalue weighted by molar-refractivity contribution is 5.86. The van der Waals surface area contributed by atoms with Gasteiger partial charge in [-0.1, -0.05) is 18.2 Å². The number of fused-ring (bicyclic) bond motifs is 1. The van der Waals surface area contributed by atoms with Gasteiger partial charge in [0, 0.05) is 24.5 Å². The van der Waals surface area contributed by atoms with E-state index < -0.39 is 0 Å². The lowest BCUT2D eigenvalue weighted by Gasteiger charge is -2.16. The molecule has 1 unspecified atom stereocenters. The molecule has 1 aliphatic heterocycles. The van der Waals surface area contributed by atoms with Crippen LogP contribution in [0.4, 0.5) is 10.6 Å². The molecular weight excluding hydrogens is 280 g/mol. The predicted octanol–water partition coefficient (Wildman–Crippen LogP) is 2.36. The number of nitriles is 1. The fourth-order valence-electron chi connectivity index (χ4n) is 2.72. The Kier molecular flexibility index (Phi) is 3.79. The zero-order valence-corrected chi connectivity index (χ0v) is 12.2. The van der Waals surface area contributed by atoms with Gasteiger partial charge in [0.25, 0.3) is 0 Å².